The highest BCUT2D eigenvalue weighted by Crippen LogP contribution is 2.18. The van der Waals surface area contributed by atoms with E-state index in [1.54, 1.807) is 13.2 Å². The molecule has 1 rings (SSSR count). The molecule has 1 unspecified atom stereocenters. The molecule has 0 spiro atoms. The zero-order valence-corrected chi connectivity index (χ0v) is 12.9. The number of nitrogens with one attached hydrogen (secondary N) is 1. The molecule has 0 aliphatic carbocycles. The van der Waals surface area contributed by atoms with Gasteiger partial charge in [-0.1, -0.05) is 0 Å². The zero-order valence-electron chi connectivity index (χ0n) is 10.5. The Balaban J connectivity index is 2.85. The van der Waals surface area contributed by atoms with Crippen molar-refractivity contribution in [3.63, 3.8) is 0 Å². The molecule has 0 aliphatic rings. The average molecular weight is 324 g/mol. The third kappa shape index (κ3) is 4.93. The Labute approximate surface area is 119 Å². The molecule has 1 N–H and O–H groups in total. The van der Waals surface area contributed by atoms with Crippen LogP contribution in [0.1, 0.15) is 15.9 Å². The Bertz CT molecular complexity index is 613. The van der Waals surface area contributed by atoms with Gasteiger partial charge in [0.05, 0.1) is 4.90 Å². The Kier molecular flexibility index (Phi) is 5.51. The summed E-state index contributed by atoms with van der Waals surface area (Å²) in [5, 5.41) is 2.61. The first kappa shape index (κ1) is 16.1. The number of hydrogen-bond acceptors (Lipinski definition) is 4. The first-order valence-electron chi connectivity index (χ1n) is 5.35. The number of hydrogen-bond donors (Lipinski definition) is 1. The molecule has 8 heteroatoms. The fraction of sp³-hybridized carbons (Fsp3) is 0.364. The first-order chi connectivity index (χ1) is 8.71. The van der Waals surface area contributed by atoms with Gasteiger partial charge in [0.15, 0.2) is 0 Å². The van der Waals surface area contributed by atoms with Gasteiger partial charge in [-0.3, -0.25) is 9.00 Å². The summed E-state index contributed by atoms with van der Waals surface area (Å²) in [5.41, 5.74) is 0.878. The summed E-state index contributed by atoms with van der Waals surface area (Å²) in [6.45, 7) is 1.93. The Morgan fingerprint density at radius 3 is 2.53 bits per heavy atom. The van der Waals surface area contributed by atoms with Crippen LogP contribution in [0.5, 0.6) is 0 Å². The van der Waals surface area contributed by atoms with Gasteiger partial charge >= 0.3 is 0 Å². The van der Waals surface area contributed by atoms with E-state index in [2.05, 4.69) is 5.32 Å². The van der Waals surface area contributed by atoms with Crippen LogP contribution in [0.4, 0.5) is 0 Å². The number of rotatable bonds is 5. The highest BCUT2D eigenvalue weighted by atomic mass is 35.7. The summed E-state index contributed by atoms with van der Waals surface area (Å²) in [6.07, 6.45) is 1.55. The van der Waals surface area contributed by atoms with E-state index >= 15 is 0 Å². The van der Waals surface area contributed by atoms with Gasteiger partial charge in [0.25, 0.3) is 15.0 Å². The highest BCUT2D eigenvalue weighted by molar-refractivity contribution is 8.13. The molecule has 19 heavy (non-hydrogen) atoms. The fourth-order valence-corrected chi connectivity index (χ4v) is 2.67. The minimum atomic E-state index is -3.80. The van der Waals surface area contributed by atoms with Crippen molar-refractivity contribution in [2.45, 2.75) is 11.8 Å². The lowest BCUT2D eigenvalue weighted by atomic mass is 10.1. The summed E-state index contributed by atoms with van der Waals surface area (Å²) in [5.74, 6) is 0.0420. The molecule has 0 radical (unpaired) electrons. The number of aryl methyl sites for hydroxylation is 1. The maximum absolute atomic E-state index is 11.8. The number of amides is 1. The molecule has 1 aromatic carbocycles. The summed E-state index contributed by atoms with van der Waals surface area (Å²) in [6, 6.07) is 4.03. The van der Waals surface area contributed by atoms with Gasteiger partial charge in [-0.15, -0.1) is 0 Å². The van der Waals surface area contributed by atoms with Crippen molar-refractivity contribution in [1.82, 2.24) is 5.32 Å². The molecule has 5 nitrogen and oxygen atoms in total. The van der Waals surface area contributed by atoms with Crippen LogP contribution < -0.4 is 5.32 Å². The highest BCUT2D eigenvalue weighted by Gasteiger charge is 2.14. The monoisotopic (exact) mass is 323 g/mol. The molecular weight excluding hydrogens is 310 g/mol. The molecule has 0 saturated carbocycles. The van der Waals surface area contributed by atoms with Gasteiger partial charge in [0, 0.05) is 45.6 Å². The van der Waals surface area contributed by atoms with Crippen molar-refractivity contribution in [2.24, 2.45) is 0 Å². The maximum Gasteiger partial charge on any atom is 0.261 e. The predicted octanol–water partition coefficient (Wildman–Crippen LogP) is 1.03. The van der Waals surface area contributed by atoms with Gasteiger partial charge in [-0.25, -0.2) is 8.42 Å². The number of benzene rings is 1. The molecule has 0 fully saturated rings. The van der Waals surface area contributed by atoms with Gasteiger partial charge in [-0.2, -0.15) is 0 Å². The second-order valence-electron chi connectivity index (χ2n) is 3.95. The standard InChI is InChI=1S/C11H14ClNO4S2/c1-8-7-9(19(12,16)17)3-4-10(8)11(14)13-5-6-18(2)15/h3-4,7H,5-6H2,1-2H3,(H,13,14). The van der Waals surface area contributed by atoms with Crippen molar-refractivity contribution in [2.75, 3.05) is 18.6 Å². The van der Waals surface area contributed by atoms with Crippen LogP contribution >= 0.6 is 10.7 Å². The molecular formula is C11H14ClNO4S2. The van der Waals surface area contributed by atoms with Gasteiger partial charge in [-0.05, 0) is 30.7 Å². The SMILES string of the molecule is Cc1cc(S(=O)(=O)Cl)ccc1C(=O)NCCS(C)=O. The summed E-state index contributed by atoms with van der Waals surface area (Å²) in [7, 11) is 0.452. The van der Waals surface area contributed by atoms with Gasteiger partial charge in [0.1, 0.15) is 0 Å². The fourth-order valence-electron chi connectivity index (χ4n) is 1.45. The normalized spacial score (nSPS) is 13.0. The molecule has 0 saturated heterocycles. The minimum absolute atomic E-state index is 0.0436. The van der Waals surface area contributed by atoms with Gasteiger partial charge < -0.3 is 5.32 Å². The maximum atomic E-state index is 11.8. The molecule has 0 heterocycles. The smallest absolute Gasteiger partial charge is 0.261 e. The van der Waals surface area contributed by atoms with Crippen LogP contribution in [0.3, 0.4) is 0 Å². The lowest BCUT2D eigenvalue weighted by Gasteiger charge is -2.08. The van der Waals surface area contributed by atoms with E-state index in [0.717, 1.165) is 0 Å². The van der Waals surface area contributed by atoms with Crippen molar-refractivity contribution < 1.29 is 17.4 Å². The Hall–Kier alpha value is -0.920. The van der Waals surface area contributed by atoms with E-state index in [1.807, 2.05) is 0 Å². The molecule has 1 amide bonds. The van der Waals surface area contributed by atoms with Crippen molar-refractivity contribution in [3.8, 4) is 0 Å². The Morgan fingerprint density at radius 2 is 2.05 bits per heavy atom. The quantitative estimate of drug-likeness (QED) is 0.821. The largest absolute Gasteiger partial charge is 0.351 e. The van der Waals surface area contributed by atoms with Crippen LogP contribution in [0.25, 0.3) is 0 Å². The molecule has 0 aromatic heterocycles. The van der Waals surface area contributed by atoms with Crippen LogP contribution in [-0.2, 0) is 19.9 Å². The molecule has 1 aromatic rings. The van der Waals surface area contributed by atoms with Crippen LogP contribution in [0.2, 0.25) is 0 Å². The van der Waals surface area contributed by atoms with Crippen molar-refractivity contribution >= 4 is 36.4 Å². The average Bonchev–Trinajstić information content (AvgIpc) is 2.26. The van der Waals surface area contributed by atoms with Crippen LogP contribution in [-0.4, -0.2) is 37.1 Å². The van der Waals surface area contributed by atoms with Crippen molar-refractivity contribution in [1.29, 1.82) is 0 Å². The molecule has 0 aliphatic heterocycles. The number of carbonyl (C=O) groups is 1. The second-order valence-corrected chi connectivity index (χ2v) is 8.07. The van der Waals surface area contributed by atoms with Crippen LogP contribution in [0.15, 0.2) is 23.1 Å². The third-order valence-electron chi connectivity index (χ3n) is 2.40. The van der Waals surface area contributed by atoms with E-state index in [1.165, 1.54) is 18.2 Å². The minimum Gasteiger partial charge on any atom is -0.351 e. The van der Waals surface area contributed by atoms with E-state index in [9.17, 15) is 17.4 Å². The predicted molar refractivity (Wildman–Crippen MR) is 75.5 cm³/mol. The van der Waals surface area contributed by atoms with E-state index in [-0.39, 0.29) is 10.8 Å². The number of halogens is 1. The third-order valence-corrected chi connectivity index (χ3v) is 4.53. The molecule has 0 bridgehead atoms. The van der Waals surface area contributed by atoms with Gasteiger partial charge in [0.2, 0.25) is 0 Å². The van der Waals surface area contributed by atoms with E-state index in [4.69, 9.17) is 10.7 Å². The summed E-state index contributed by atoms with van der Waals surface area (Å²) < 4.78 is 33.2. The molecule has 1 atom stereocenters. The van der Waals surface area contributed by atoms with E-state index in [0.29, 0.717) is 23.4 Å². The topological polar surface area (TPSA) is 80.3 Å². The Morgan fingerprint density at radius 1 is 1.42 bits per heavy atom. The van der Waals surface area contributed by atoms with Crippen molar-refractivity contribution in [3.05, 3.63) is 29.3 Å². The second kappa shape index (κ2) is 6.49. The summed E-state index contributed by atoms with van der Waals surface area (Å²) >= 11 is 0. The number of carbonyl (C=O) groups excluding carboxylic acids is 1. The summed E-state index contributed by atoms with van der Waals surface area (Å²) in [4.78, 5) is 11.8. The van der Waals surface area contributed by atoms with E-state index < -0.39 is 19.9 Å². The lowest BCUT2D eigenvalue weighted by molar-refractivity contribution is 0.0955. The molecule has 106 valence electrons. The zero-order chi connectivity index (χ0) is 14.6. The lowest BCUT2D eigenvalue weighted by Crippen LogP contribution is -2.28. The van der Waals surface area contributed by atoms with Crippen LogP contribution in [0, 0.1) is 6.92 Å². The first-order valence-corrected chi connectivity index (χ1v) is 9.39.